The normalized spacial score (nSPS) is 17.7. The van der Waals surface area contributed by atoms with Crippen LogP contribution in [0.5, 0.6) is 0 Å². The molecule has 0 heterocycles. The zero-order valence-corrected chi connectivity index (χ0v) is 9.97. The average molecular weight is 245 g/mol. The first-order valence-electron chi connectivity index (χ1n) is 6.02. The van der Waals surface area contributed by atoms with E-state index in [4.69, 9.17) is 5.26 Å². The highest BCUT2D eigenvalue weighted by molar-refractivity contribution is 5.98. The van der Waals surface area contributed by atoms with E-state index in [0.717, 1.165) is 18.4 Å². The van der Waals surface area contributed by atoms with Crippen molar-refractivity contribution in [3.63, 3.8) is 0 Å². The Labute approximate surface area is 105 Å². The molecule has 94 valence electrons. The van der Waals surface area contributed by atoms with Crippen molar-refractivity contribution in [3.05, 3.63) is 34.9 Å². The second-order valence-corrected chi connectivity index (χ2v) is 4.57. The van der Waals surface area contributed by atoms with E-state index in [-0.39, 0.29) is 12.2 Å². The van der Waals surface area contributed by atoms with E-state index in [2.05, 4.69) is 0 Å². The van der Waals surface area contributed by atoms with Crippen LogP contribution in [0.4, 0.5) is 0 Å². The van der Waals surface area contributed by atoms with Gasteiger partial charge in [-0.05, 0) is 30.0 Å². The maximum atomic E-state index is 11.8. The smallest absolute Gasteiger partial charge is 0.163 e. The Morgan fingerprint density at radius 1 is 1.33 bits per heavy atom. The first-order chi connectivity index (χ1) is 8.63. The molecule has 2 rings (SSSR count). The van der Waals surface area contributed by atoms with Gasteiger partial charge in [0.15, 0.2) is 5.78 Å². The Hall–Kier alpha value is -1.70. The number of hydrogen-bond acceptors (Lipinski definition) is 4. The summed E-state index contributed by atoms with van der Waals surface area (Å²) in [5.41, 5.74) is 2.13. The number of carbonyl (C=O) groups excluding carboxylic acids is 1. The van der Waals surface area contributed by atoms with Crippen LogP contribution in [0.2, 0.25) is 0 Å². The fourth-order valence-corrected chi connectivity index (χ4v) is 2.26. The predicted octanol–water partition coefficient (Wildman–Crippen LogP) is 1.51. The van der Waals surface area contributed by atoms with Crippen molar-refractivity contribution < 1.29 is 15.0 Å². The van der Waals surface area contributed by atoms with Crippen molar-refractivity contribution in [2.75, 3.05) is 0 Å². The molecule has 18 heavy (non-hydrogen) atoms. The van der Waals surface area contributed by atoms with Crippen molar-refractivity contribution >= 4 is 5.78 Å². The molecule has 0 spiro atoms. The molecule has 0 aliphatic heterocycles. The van der Waals surface area contributed by atoms with Crippen molar-refractivity contribution in [3.8, 4) is 6.07 Å². The number of nitriles is 1. The topological polar surface area (TPSA) is 81.3 Å². The maximum Gasteiger partial charge on any atom is 0.163 e. The van der Waals surface area contributed by atoms with E-state index in [0.29, 0.717) is 17.5 Å². The van der Waals surface area contributed by atoms with Gasteiger partial charge in [0.1, 0.15) is 6.10 Å². The van der Waals surface area contributed by atoms with Crippen LogP contribution in [0.3, 0.4) is 0 Å². The quantitative estimate of drug-likeness (QED) is 0.845. The number of aryl methyl sites for hydroxylation is 1. The lowest BCUT2D eigenvalue weighted by Gasteiger charge is -2.19. The van der Waals surface area contributed by atoms with Crippen LogP contribution in [0.25, 0.3) is 0 Å². The summed E-state index contributed by atoms with van der Waals surface area (Å²) in [6.45, 7) is 0. The van der Waals surface area contributed by atoms with Gasteiger partial charge in [0.05, 0.1) is 18.6 Å². The molecule has 1 aromatic rings. The van der Waals surface area contributed by atoms with Gasteiger partial charge in [0, 0.05) is 12.0 Å². The van der Waals surface area contributed by atoms with E-state index in [9.17, 15) is 15.0 Å². The van der Waals surface area contributed by atoms with E-state index in [1.165, 1.54) is 0 Å². The minimum absolute atomic E-state index is 0.0834. The number of fused-ring (bicyclic) bond motifs is 1. The summed E-state index contributed by atoms with van der Waals surface area (Å²) >= 11 is 0. The summed E-state index contributed by atoms with van der Waals surface area (Å²) in [6, 6.07) is 6.99. The van der Waals surface area contributed by atoms with Crippen molar-refractivity contribution in [1.82, 2.24) is 0 Å². The van der Waals surface area contributed by atoms with Crippen molar-refractivity contribution in [2.45, 2.75) is 37.9 Å². The molecule has 1 aromatic carbocycles. The Kier molecular flexibility index (Phi) is 3.75. The highest BCUT2D eigenvalue weighted by Crippen LogP contribution is 2.26. The van der Waals surface area contributed by atoms with Crippen LogP contribution in [0, 0.1) is 11.3 Å². The fourth-order valence-electron chi connectivity index (χ4n) is 2.26. The van der Waals surface area contributed by atoms with Crippen LogP contribution in [0.1, 0.15) is 46.9 Å². The molecule has 4 nitrogen and oxygen atoms in total. The standard InChI is InChI=1S/C14H15NO3/c15-7-6-13(17)14(18)10-5-4-9-2-1-3-12(16)11(9)8-10/h4-5,8,13-14,17-18H,1-3,6H2. The first kappa shape index (κ1) is 12.7. The maximum absolute atomic E-state index is 11.8. The minimum atomic E-state index is -1.12. The van der Waals surface area contributed by atoms with E-state index in [1.54, 1.807) is 12.1 Å². The lowest BCUT2D eigenvalue weighted by atomic mass is 9.88. The van der Waals surface area contributed by atoms with Crippen molar-refractivity contribution in [2.24, 2.45) is 0 Å². The Morgan fingerprint density at radius 3 is 2.83 bits per heavy atom. The summed E-state index contributed by atoms with van der Waals surface area (Å²) in [7, 11) is 0. The molecule has 2 unspecified atom stereocenters. The Morgan fingerprint density at radius 2 is 2.11 bits per heavy atom. The summed E-state index contributed by atoms with van der Waals surface area (Å²) in [5.74, 6) is 0.0834. The van der Waals surface area contributed by atoms with E-state index >= 15 is 0 Å². The molecule has 0 aromatic heterocycles. The number of rotatable bonds is 3. The molecule has 0 bridgehead atoms. The lowest BCUT2D eigenvalue weighted by Crippen LogP contribution is -2.19. The molecule has 1 aliphatic rings. The highest BCUT2D eigenvalue weighted by Gasteiger charge is 2.22. The van der Waals surface area contributed by atoms with Gasteiger partial charge in [-0.1, -0.05) is 12.1 Å². The summed E-state index contributed by atoms with van der Waals surface area (Å²) in [6.07, 6.45) is -0.0981. The third kappa shape index (κ3) is 2.42. The zero-order chi connectivity index (χ0) is 13.1. The van der Waals surface area contributed by atoms with Crippen molar-refractivity contribution in [1.29, 1.82) is 5.26 Å². The third-order valence-electron chi connectivity index (χ3n) is 3.29. The van der Waals surface area contributed by atoms with Gasteiger partial charge < -0.3 is 10.2 Å². The predicted molar refractivity (Wildman–Crippen MR) is 64.9 cm³/mol. The van der Waals surface area contributed by atoms with E-state index in [1.807, 2.05) is 12.1 Å². The second-order valence-electron chi connectivity index (χ2n) is 4.57. The van der Waals surface area contributed by atoms with Gasteiger partial charge in [-0.25, -0.2) is 0 Å². The van der Waals surface area contributed by atoms with Crippen LogP contribution in [0.15, 0.2) is 18.2 Å². The molecule has 0 radical (unpaired) electrons. The molecule has 0 saturated carbocycles. The molecular formula is C14H15NO3. The molecule has 1 aliphatic carbocycles. The van der Waals surface area contributed by atoms with Crippen LogP contribution < -0.4 is 0 Å². The van der Waals surface area contributed by atoms with Gasteiger partial charge >= 0.3 is 0 Å². The largest absolute Gasteiger partial charge is 0.389 e. The van der Waals surface area contributed by atoms with E-state index < -0.39 is 12.2 Å². The molecule has 4 heteroatoms. The number of aliphatic hydroxyl groups is 2. The summed E-state index contributed by atoms with van der Waals surface area (Å²) in [5, 5.41) is 28.0. The van der Waals surface area contributed by atoms with Crippen LogP contribution in [-0.2, 0) is 6.42 Å². The van der Waals surface area contributed by atoms with Gasteiger partial charge in [0.2, 0.25) is 0 Å². The third-order valence-corrected chi connectivity index (χ3v) is 3.29. The number of nitrogens with zero attached hydrogens (tertiary/aromatic N) is 1. The number of Topliss-reactive ketones (excluding diaryl/α,β-unsaturated/α-hetero) is 1. The number of carbonyl (C=O) groups is 1. The number of aliphatic hydroxyl groups excluding tert-OH is 2. The van der Waals surface area contributed by atoms with Gasteiger partial charge in [-0.2, -0.15) is 5.26 Å². The fraction of sp³-hybridized carbons (Fsp3) is 0.429. The molecule has 2 N–H and O–H groups in total. The van der Waals surface area contributed by atoms with Crippen LogP contribution >= 0.6 is 0 Å². The SMILES string of the molecule is N#CCC(O)C(O)c1ccc2c(c1)C(=O)CCC2. The Bertz CT molecular complexity index is 504. The molecule has 0 saturated heterocycles. The average Bonchev–Trinajstić information content (AvgIpc) is 2.38. The highest BCUT2D eigenvalue weighted by atomic mass is 16.3. The van der Waals surface area contributed by atoms with Crippen LogP contribution in [-0.4, -0.2) is 22.1 Å². The van der Waals surface area contributed by atoms with Gasteiger partial charge in [0.25, 0.3) is 0 Å². The molecular weight excluding hydrogens is 230 g/mol. The molecule has 0 fully saturated rings. The first-order valence-corrected chi connectivity index (χ1v) is 6.02. The molecule has 0 amide bonds. The minimum Gasteiger partial charge on any atom is -0.389 e. The molecule has 2 atom stereocenters. The Balaban J connectivity index is 2.28. The summed E-state index contributed by atoms with van der Waals surface area (Å²) in [4.78, 5) is 11.8. The number of hydrogen-bond donors (Lipinski definition) is 2. The number of ketones is 1. The zero-order valence-electron chi connectivity index (χ0n) is 9.97. The summed E-state index contributed by atoms with van der Waals surface area (Å²) < 4.78 is 0. The van der Waals surface area contributed by atoms with Gasteiger partial charge in [-0.3, -0.25) is 4.79 Å². The monoisotopic (exact) mass is 245 g/mol. The van der Waals surface area contributed by atoms with Gasteiger partial charge in [-0.15, -0.1) is 0 Å². The number of benzene rings is 1. The second kappa shape index (κ2) is 5.30. The lowest BCUT2D eigenvalue weighted by molar-refractivity contribution is 0.0216.